The molecule has 1 aromatic carbocycles. The second-order valence-corrected chi connectivity index (χ2v) is 8.38. The normalized spacial score (nSPS) is 11.3. The number of furan rings is 1. The molecule has 30 heavy (non-hydrogen) atoms. The van der Waals surface area contributed by atoms with Crippen LogP contribution in [0.3, 0.4) is 0 Å². The monoisotopic (exact) mass is 423 g/mol. The maximum atomic E-state index is 12.4. The summed E-state index contributed by atoms with van der Waals surface area (Å²) in [7, 11) is -3.55. The Bertz CT molecular complexity index is 1230. The van der Waals surface area contributed by atoms with Crippen LogP contribution in [0.4, 0.5) is 0 Å². The summed E-state index contributed by atoms with van der Waals surface area (Å²) >= 11 is 0. The van der Waals surface area contributed by atoms with Crippen molar-refractivity contribution in [2.24, 2.45) is 0 Å². The Morgan fingerprint density at radius 1 is 1.07 bits per heavy atom. The number of hydrogen-bond acceptors (Lipinski definition) is 7. The maximum absolute atomic E-state index is 12.4. The molecule has 0 aliphatic rings. The van der Waals surface area contributed by atoms with Crippen LogP contribution < -0.4 is 5.32 Å². The maximum Gasteiger partial charge on any atom is 0.287 e. The Morgan fingerprint density at radius 2 is 1.90 bits per heavy atom. The first-order chi connectivity index (χ1) is 14.5. The second-order valence-electron chi connectivity index (χ2n) is 6.39. The molecule has 0 aliphatic carbocycles. The molecule has 0 radical (unpaired) electrons. The van der Waals surface area contributed by atoms with Gasteiger partial charge in [-0.05, 0) is 35.9 Å². The van der Waals surface area contributed by atoms with Gasteiger partial charge in [0.1, 0.15) is 24.2 Å². The van der Waals surface area contributed by atoms with Crippen molar-refractivity contribution < 1.29 is 17.6 Å². The highest BCUT2D eigenvalue weighted by Gasteiger charge is 2.19. The lowest BCUT2D eigenvalue weighted by atomic mass is 10.2. The number of aromatic nitrogens is 4. The molecule has 3 aromatic heterocycles. The van der Waals surface area contributed by atoms with E-state index in [9.17, 15) is 13.2 Å². The Hall–Kier alpha value is -3.79. The van der Waals surface area contributed by atoms with Crippen LogP contribution >= 0.6 is 0 Å². The lowest BCUT2D eigenvalue weighted by Crippen LogP contribution is -2.22. The molecule has 4 aromatic rings. The minimum absolute atomic E-state index is 0.0421. The van der Waals surface area contributed by atoms with E-state index in [0.717, 1.165) is 5.56 Å². The van der Waals surface area contributed by atoms with E-state index < -0.39 is 15.7 Å². The Morgan fingerprint density at radius 3 is 2.60 bits per heavy atom. The van der Waals surface area contributed by atoms with E-state index in [2.05, 4.69) is 20.4 Å². The molecular formula is C20H17N5O4S. The lowest BCUT2D eigenvalue weighted by molar-refractivity contribution is 0.0921. The molecule has 9 nitrogen and oxygen atoms in total. The number of sulfone groups is 1. The number of nitrogens with one attached hydrogen (secondary N) is 1. The van der Waals surface area contributed by atoms with Gasteiger partial charge in [0.2, 0.25) is 0 Å². The summed E-state index contributed by atoms with van der Waals surface area (Å²) in [5.41, 5.74) is 0.783. The van der Waals surface area contributed by atoms with Crippen molar-refractivity contribution in [3.63, 3.8) is 0 Å². The highest BCUT2D eigenvalue weighted by molar-refractivity contribution is 7.90. The topological polar surface area (TPSA) is 120 Å². The molecule has 152 valence electrons. The summed E-state index contributed by atoms with van der Waals surface area (Å²) in [6.07, 6.45) is 4.58. The van der Waals surface area contributed by atoms with E-state index in [-0.39, 0.29) is 28.7 Å². The fraction of sp³-hybridized carbons (Fsp3) is 0.100. The van der Waals surface area contributed by atoms with Crippen LogP contribution in [0.2, 0.25) is 0 Å². The molecule has 1 N–H and O–H groups in total. The summed E-state index contributed by atoms with van der Waals surface area (Å²) in [4.78, 5) is 20.7. The van der Waals surface area contributed by atoms with Crippen molar-refractivity contribution in [1.82, 2.24) is 25.1 Å². The largest absolute Gasteiger partial charge is 0.455 e. The molecule has 0 saturated carbocycles. The number of hydrogen-bond donors (Lipinski definition) is 1. The molecule has 0 bridgehead atoms. The third kappa shape index (κ3) is 4.44. The van der Waals surface area contributed by atoms with Gasteiger partial charge in [-0.2, -0.15) is 5.10 Å². The van der Waals surface area contributed by atoms with E-state index in [4.69, 9.17) is 4.42 Å². The first-order valence-corrected chi connectivity index (χ1v) is 10.6. The highest BCUT2D eigenvalue weighted by atomic mass is 32.2. The zero-order valence-electron chi connectivity index (χ0n) is 15.7. The van der Waals surface area contributed by atoms with Gasteiger partial charge in [0.25, 0.3) is 5.91 Å². The van der Waals surface area contributed by atoms with Gasteiger partial charge in [-0.15, -0.1) is 0 Å². The molecule has 0 spiro atoms. The van der Waals surface area contributed by atoms with Gasteiger partial charge in [0.15, 0.2) is 21.4 Å². The summed E-state index contributed by atoms with van der Waals surface area (Å²) in [6.45, 7) is 0.238. The van der Waals surface area contributed by atoms with Crippen molar-refractivity contribution in [3.8, 4) is 5.82 Å². The number of nitrogens with zero attached hydrogens (tertiary/aromatic N) is 4. The molecule has 0 fully saturated rings. The van der Waals surface area contributed by atoms with E-state index in [0.29, 0.717) is 5.82 Å². The quantitative estimate of drug-likeness (QED) is 0.484. The van der Waals surface area contributed by atoms with Crippen LogP contribution in [-0.4, -0.2) is 34.1 Å². The van der Waals surface area contributed by atoms with Crippen LogP contribution in [0.5, 0.6) is 0 Å². The molecule has 0 unspecified atom stereocenters. The van der Waals surface area contributed by atoms with Crippen molar-refractivity contribution in [2.75, 3.05) is 0 Å². The summed E-state index contributed by atoms with van der Waals surface area (Å²) in [5.74, 6) is 0.0812. The fourth-order valence-corrected chi connectivity index (χ4v) is 4.00. The van der Waals surface area contributed by atoms with Crippen molar-refractivity contribution in [2.45, 2.75) is 17.2 Å². The van der Waals surface area contributed by atoms with Crippen molar-refractivity contribution in [1.29, 1.82) is 0 Å². The Kier molecular flexibility index (Phi) is 5.40. The van der Waals surface area contributed by atoms with Gasteiger partial charge in [-0.3, -0.25) is 4.79 Å². The van der Waals surface area contributed by atoms with Crippen molar-refractivity contribution >= 4 is 15.7 Å². The molecule has 4 rings (SSSR count). The van der Waals surface area contributed by atoms with Gasteiger partial charge < -0.3 is 9.73 Å². The summed E-state index contributed by atoms with van der Waals surface area (Å²) < 4.78 is 31.8. The van der Waals surface area contributed by atoms with Gasteiger partial charge in [-0.1, -0.05) is 24.3 Å². The fourth-order valence-electron chi connectivity index (χ4n) is 2.73. The van der Waals surface area contributed by atoms with Crippen molar-refractivity contribution in [3.05, 3.63) is 90.5 Å². The molecule has 0 aliphatic heterocycles. The van der Waals surface area contributed by atoms with E-state index in [1.165, 1.54) is 41.6 Å². The van der Waals surface area contributed by atoms with Crippen LogP contribution in [0.25, 0.3) is 5.82 Å². The number of benzene rings is 1. The first-order valence-electron chi connectivity index (χ1n) is 8.96. The number of amides is 1. The van der Waals surface area contributed by atoms with E-state index >= 15 is 0 Å². The molecule has 0 atom stereocenters. The average molecular weight is 423 g/mol. The number of carbonyl (C=O) groups excluding carboxylic acids is 1. The minimum Gasteiger partial charge on any atom is -0.455 e. The van der Waals surface area contributed by atoms with E-state index in [1.54, 1.807) is 30.5 Å². The molecule has 1 amide bonds. The first kappa shape index (κ1) is 19.5. The SMILES string of the molecule is O=C(NCc1ccc(-n2cncn2)nc1)c1ccc(CS(=O)(=O)c2ccccc2)o1. The zero-order chi connectivity index (χ0) is 21.0. The molecule has 3 heterocycles. The highest BCUT2D eigenvalue weighted by Crippen LogP contribution is 2.18. The number of pyridine rings is 1. The standard InChI is InChI=1S/C20H17N5O4S/c26-20(23-11-15-6-9-19(22-10-15)25-14-21-13-24-25)18-8-7-16(29-18)12-30(27,28)17-4-2-1-3-5-17/h1-10,13-14H,11-12H2,(H,23,26). The third-order valence-corrected chi connectivity index (χ3v) is 5.89. The Balaban J connectivity index is 1.36. The second kappa shape index (κ2) is 8.29. The minimum atomic E-state index is -3.55. The number of carbonyl (C=O) groups is 1. The molecule has 0 saturated heterocycles. The predicted octanol–water partition coefficient (Wildman–Crippen LogP) is 2.16. The van der Waals surface area contributed by atoms with Gasteiger partial charge in [0, 0.05) is 12.7 Å². The third-order valence-electron chi connectivity index (χ3n) is 4.24. The smallest absolute Gasteiger partial charge is 0.287 e. The van der Waals surface area contributed by atoms with Gasteiger partial charge >= 0.3 is 0 Å². The van der Waals surface area contributed by atoms with Crippen LogP contribution in [0.15, 0.2) is 82.8 Å². The summed E-state index contributed by atoms with van der Waals surface area (Å²) in [6, 6.07) is 14.6. The van der Waals surface area contributed by atoms with Crippen LogP contribution in [0.1, 0.15) is 21.9 Å². The molecular weight excluding hydrogens is 406 g/mol. The number of rotatable bonds is 7. The predicted molar refractivity (Wildman–Crippen MR) is 106 cm³/mol. The lowest BCUT2D eigenvalue weighted by Gasteiger charge is -2.05. The Labute approximate surface area is 172 Å². The zero-order valence-corrected chi connectivity index (χ0v) is 16.5. The summed E-state index contributed by atoms with van der Waals surface area (Å²) in [5, 5.41) is 6.72. The average Bonchev–Trinajstić information content (AvgIpc) is 3.45. The van der Waals surface area contributed by atoms with Gasteiger partial charge in [0.05, 0.1) is 4.90 Å². The van der Waals surface area contributed by atoms with Crippen LogP contribution in [0, 0.1) is 0 Å². The van der Waals surface area contributed by atoms with Gasteiger partial charge in [-0.25, -0.2) is 23.1 Å². The van der Waals surface area contributed by atoms with E-state index in [1.807, 2.05) is 6.07 Å². The van der Waals surface area contributed by atoms with Crippen LogP contribution in [-0.2, 0) is 22.1 Å². The molecule has 10 heteroatoms.